The zero-order chi connectivity index (χ0) is 26.8. The highest BCUT2D eigenvalue weighted by Crippen LogP contribution is 2.41. The quantitative estimate of drug-likeness (QED) is 0.350. The third-order valence-corrected chi connectivity index (χ3v) is 6.01. The fraction of sp³-hybridized carbons (Fsp3) is 0.500. The van der Waals surface area contributed by atoms with E-state index in [1.165, 1.54) is 20.8 Å². The lowest BCUT2D eigenvalue weighted by Gasteiger charge is -2.38. The highest BCUT2D eigenvalue weighted by Gasteiger charge is 2.45. The van der Waals surface area contributed by atoms with E-state index < -0.39 is 52.6 Å². The van der Waals surface area contributed by atoms with Crippen LogP contribution in [0.3, 0.4) is 0 Å². The number of ether oxygens (including phenoxy) is 2. The molecule has 2 aromatic rings. The minimum atomic E-state index is -5.22. The number of hydrogen-bond acceptors (Lipinski definition) is 4. The molecule has 1 heterocycles. The average molecular weight is 518 g/mol. The van der Waals surface area contributed by atoms with E-state index in [0.29, 0.717) is 38.1 Å². The van der Waals surface area contributed by atoms with Gasteiger partial charge in [-0.25, -0.2) is 4.79 Å². The lowest BCUT2D eigenvalue weighted by Crippen LogP contribution is -2.43. The number of rotatable bonds is 6. The van der Waals surface area contributed by atoms with Crippen LogP contribution in [-0.4, -0.2) is 31.3 Å². The molecule has 2 aromatic carbocycles. The number of halogens is 6. The summed E-state index contributed by atoms with van der Waals surface area (Å²) in [7, 11) is 0. The van der Waals surface area contributed by atoms with Gasteiger partial charge in [0.25, 0.3) is 0 Å². The molecule has 1 saturated heterocycles. The third kappa shape index (κ3) is 6.79. The Hall–Kier alpha value is -2.59. The second kappa shape index (κ2) is 10.4. The molecule has 0 saturated carbocycles. The van der Waals surface area contributed by atoms with Crippen molar-refractivity contribution in [1.29, 1.82) is 0 Å². The molecule has 0 amide bonds. The van der Waals surface area contributed by atoms with Crippen LogP contribution in [0.5, 0.6) is 0 Å². The molecule has 0 radical (unpaired) electrons. The summed E-state index contributed by atoms with van der Waals surface area (Å²) in [5.41, 5.74) is -5.99. The average Bonchev–Trinajstić information content (AvgIpc) is 2.77. The molecule has 0 bridgehead atoms. The smallest absolute Gasteiger partial charge is 0.417 e. The van der Waals surface area contributed by atoms with Gasteiger partial charge in [-0.05, 0) is 70.0 Å². The van der Waals surface area contributed by atoms with Crippen LogP contribution in [0.15, 0.2) is 42.5 Å². The molecule has 1 N–H and O–H groups in total. The molecule has 0 aromatic heterocycles. The van der Waals surface area contributed by atoms with Crippen LogP contribution in [0.2, 0.25) is 0 Å². The SMILES string of the molecule is CC(C)(C)OC(=O)c1c(C(F)(F)F)cc(COCC2(c3ccccc3)CCNCC2)cc1C(F)(F)F. The molecule has 3 rings (SSSR count). The lowest BCUT2D eigenvalue weighted by atomic mass is 9.74. The molecule has 0 unspecified atom stereocenters. The van der Waals surface area contributed by atoms with E-state index in [4.69, 9.17) is 9.47 Å². The van der Waals surface area contributed by atoms with Gasteiger partial charge in [-0.2, -0.15) is 26.3 Å². The zero-order valence-electron chi connectivity index (χ0n) is 20.3. The summed E-state index contributed by atoms with van der Waals surface area (Å²) in [6.45, 7) is 5.13. The van der Waals surface area contributed by atoms with Crippen molar-refractivity contribution in [2.45, 2.75) is 63.6 Å². The van der Waals surface area contributed by atoms with Gasteiger partial charge in [0, 0.05) is 5.41 Å². The van der Waals surface area contributed by atoms with Crippen LogP contribution in [0.25, 0.3) is 0 Å². The molecule has 0 spiro atoms. The monoisotopic (exact) mass is 517 g/mol. The van der Waals surface area contributed by atoms with Crippen LogP contribution in [0, 0.1) is 0 Å². The Bertz CT molecular complexity index is 1020. The van der Waals surface area contributed by atoms with Crippen molar-refractivity contribution in [1.82, 2.24) is 5.32 Å². The first-order valence-electron chi connectivity index (χ1n) is 11.5. The summed E-state index contributed by atoms with van der Waals surface area (Å²) in [4.78, 5) is 12.5. The summed E-state index contributed by atoms with van der Waals surface area (Å²) >= 11 is 0. The fourth-order valence-corrected chi connectivity index (χ4v) is 4.36. The molecule has 1 fully saturated rings. The van der Waals surface area contributed by atoms with Crippen LogP contribution in [0.1, 0.15) is 66.2 Å². The van der Waals surface area contributed by atoms with Crippen LogP contribution in [0.4, 0.5) is 26.3 Å². The van der Waals surface area contributed by atoms with Gasteiger partial charge >= 0.3 is 18.3 Å². The number of carbonyl (C=O) groups is 1. The van der Waals surface area contributed by atoms with Gasteiger partial charge in [0.15, 0.2) is 0 Å². The zero-order valence-corrected chi connectivity index (χ0v) is 20.3. The number of piperidine rings is 1. The van der Waals surface area contributed by atoms with Crippen molar-refractivity contribution < 1.29 is 40.6 Å². The second-order valence-electron chi connectivity index (χ2n) is 9.95. The normalized spacial score (nSPS) is 16.6. The molecular formula is C26H29F6NO3. The van der Waals surface area contributed by atoms with E-state index >= 15 is 0 Å². The number of hydrogen-bond donors (Lipinski definition) is 1. The van der Waals surface area contributed by atoms with E-state index in [0.717, 1.165) is 5.56 Å². The Morgan fingerprint density at radius 3 is 1.92 bits per heavy atom. The lowest BCUT2D eigenvalue weighted by molar-refractivity contribution is -0.144. The van der Waals surface area contributed by atoms with E-state index in [-0.39, 0.29) is 12.2 Å². The number of benzene rings is 2. The van der Waals surface area contributed by atoms with Crippen molar-refractivity contribution in [3.05, 3.63) is 70.3 Å². The maximum Gasteiger partial charge on any atom is 0.417 e. The van der Waals surface area contributed by atoms with Gasteiger partial charge in [-0.1, -0.05) is 30.3 Å². The first kappa shape index (κ1) is 28.0. The molecule has 10 heteroatoms. The van der Waals surface area contributed by atoms with E-state index in [1.807, 2.05) is 30.3 Å². The predicted molar refractivity (Wildman–Crippen MR) is 121 cm³/mol. The fourth-order valence-electron chi connectivity index (χ4n) is 4.36. The highest BCUT2D eigenvalue weighted by atomic mass is 19.4. The van der Waals surface area contributed by atoms with Crippen molar-refractivity contribution in [2.24, 2.45) is 0 Å². The molecule has 36 heavy (non-hydrogen) atoms. The standard InChI is InChI=1S/C26H29F6NO3/c1-23(2,3)36-22(34)21-19(25(27,28)29)13-17(14-20(21)26(30,31)32)15-35-16-24(9-11-33-12-10-24)18-7-5-4-6-8-18/h4-8,13-14,33H,9-12,15-16H2,1-3H3. The summed E-state index contributed by atoms with van der Waals surface area (Å²) < 4.78 is 93.8. The maximum absolute atomic E-state index is 13.9. The van der Waals surface area contributed by atoms with Crippen molar-refractivity contribution in [3.63, 3.8) is 0 Å². The van der Waals surface area contributed by atoms with Crippen molar-refractivity contribution in [2.75, 3.05) is 19.7 Å². The molecule has 4 nitrogen and oxygen atoms in total. The maximum atomic E-state index is 13.9. The molecule has 1 aliphatic heterocycles. The number of nitrogens with one attached hydrogen (secondary N) is 1. The summed E-state index contributed by atoms with van der Waals surface area (Å²) in [5, 5.41) is 3.25. The van der Waals surface area contributed by atoms with Crippen LogP contribution in [-0.2, 0) is 33.8 Å². The van der Waals surface area contributed by atoms with Gasteiger partial charge in [0.2, 0.25) is 0 Å². The first-order valence-corrected chi connectivity index (χ1v) is 11.5. The van der Waals surface area contributed by atoms with E-state index in [1.54, 1.807) is 0 Å². The van der Waals surface area contributed by atoms with Crippen LogP contribution >= 0.6 is 0 Å². The van der Waals surface area contributed by atoms with Gasteiger partial charge in [-0.3, -0.25) is 0 Å². The van der Waals surface area contributed by atoms with Gasteiger partial charge in [-0.15, -0.1) is 0 Å². The number of esters is 1. The number of carbonyl (C=O) groups excluding carboxylic acids is 1. The third-order valence-electron chi connectivity index (χ3n) is 6.01. The summed E-state index contributed by atoms with van der Waals surface area (Å²) in [5.74, 6) is -1.69. The topological polar surface area (TPSA) is 47.6 Å². The Balaban J connectivity index is 1.95. The molecule has 1 aliphatic rings. The Morgan fingerprint density at radius 1 is 0.917 bits per heavy atom. The molecule has 0 atom stereocenters. The van der Waals surface area contributed by atoms with E-state index in [2.05, 4.69) is 5.32 Å². The van der Waals surface area contributed by atoms with Gasteiger partial charge < -0.3 is 14.8 Å². The largest absolute Gasteiger partial charge is 0.456 e. The van der Waals surface area contributed by atoms with Gasteiger partial charge in [0.1, 0.15) is 5.60 Å². The second-order valence-corrected chi connectivity index (χ2v) is 9.95. The van der Waals surface area contributed by atoms with Gasteiger partial charge in [0.05, 0.1) is 29.9 Å². The first-order chi connectivity index (χ1) is 16.6. The minimum Gasteiger partial charge on any atom is -0.456 e. The summed E-state index contributed by atoms with van der Waals surface area (Å²) in [6, 6.07) is 10.6. The molecule has 0 aliphatic carbocycles. The van der Waals surface area contributed by atoms with Crippen LogP contribution < -0.4 is 5.32 Å². The Morgan fingerprint density at radius 2 is 1.44 bits per heavy atom. The highest BCUT2D eigenvalue weighted by molar-refractivity contribution is 5.93. The number of alkyl halides is 6. The Labute approximate surface area is 206 Å². The van der Waals surface area contributed by atoms with E-state index in [9.17, 15) is 31.1 Å². The Kier molecular flexibility index (Phi) is 8.10. The molecular weight excluding hydrogens is 488 g/mol. The van der Waals surface area contributed by atoms with Crippen molar-refractivity contribution in [3.8, 4) is 0 Å². The minimum absolute atomic E-state index is 0.120. The summed E-state index contributed by atoms with van der Waals surface area (Å²) in [6.07, 6.45) is -9.03. The van der Waals surface area contributed by atoms with Crippen molar-refractivity contribution >= 4 is 5.97 Å². The molecule has 198 valence electrons. The predicted octanol–water partition coefficient (Wildman–Crippen LogP) is 6.52.